The molecule has 0 aliphatic carbocycles. The highest BCUT2D eigenvalue weighted by atomic mass is 35.5. The lowest BCUT2D eigenvalue weighted by Crippen LogP contribution is -2.41. The summed E-state index contributed by atoms with van der Waals surface area (Å²) in [5, 5.41) is 9.32. The summed E-state index contributed by atoms with van der Waals surface area (Å²) in [6, 6.07) is 9.40. The van der Waals surface area contributed by atoms with Crippen molar-refractivity contribution >= 4 is 24.1 Å². The highest BCUT2D eigenvalue weighted by molar-refractivity contribution is 5.85. The number of carboxylic acid groups (broad SMARTS) is 1. The molecule has 0 heterocycles. The van der Waals surface area contributed by atoms with Gasteiger partial charge < -0.3 is 10.0 Å². The Kier molecular flexibility index (Phi) is 9.06. The van der Waals surface area contributed by atoms with Gasteiger partial charge in [-0.3, -0.25) is 0 Å². The van der Waals surface area contributed by atoms with Crippen molar-refractivity contribution in [3.05, 3.63) is 30.3 Å². The third-order valence-electron chi connectivity index (χ3n) is 3.14. The molecule has 0 radical (unpaired) electrons. The summed E-state index contributed by atoms with van der Waals surface area (Å²) in [4.78, 5) is 13.3. The van der Waals surface area contributed by atoms with E-state index in [0.29, 0.717) is 6.42 Å². The average Bonchev–Trinajstić information content (AvgIpc) is 2.38. The maximum Gasteiger partial charge on any atom is 0.326 e. The topological polar surface area (TPSA) is 40.5 Å². The molecule has 3 nitrogen and oxygen atoms in total. The molecule has 0 aliphatic rings. The van der Waals surface area contributed by atoms with Crippen LogP contribution in [0.5, 0.6) is 0 Å². The number of benzene rings is 1. The highest BCUT2D eigenvalue weighted by Gasteiger charge is 2.23. The molecule has 0 fully saturated rings. The van der Waals surface area contributed by atoms with Gasteiger partial charge in [0.1, 0.15) is 6.04 Å². The molecule has 1 unspecified atom stereocenters. The van der Waals surface area contributed by atoms with Crippen molar-refractivity contribution in [3.8, 4) is 0 Å². The number of carbonyl (C=O) groups is 1. The lowest BCUT2D eigenvalue weighted by atomic mass is 10.1. The van der Waals surface area contributed by atoms with Gasteiger partial charge in [0.2, 0.25) is 0 Å². The van der Waals surface area contributed by atoms with E-state index in [4.69, 9.17) is 0 Å². The molecule has 0 amide bonds. The lowest BCUT2D eigenvalue weighted by Gasteiger charge is -2.30. The van der Waals surface area contributed by atoms with E-state index in [0.717, 1.165) is 31.5 Å². The van der Waals surface area contributed by atoms with E-state index >= 15 is 0 Å². The second kappa shape index (κ2) is 9.68. The summed E-state index contributed by atoms with van der Waals surface area (Å²) in [6.07, 6.45) is 3.94. The third kappa shape index (κ3) is 5.52. The molecule has 108 valence electrons. The zero-order chi connectivity index (χ0) is 13.4. The Morgan fingerprint density at radius 3 is 2.32 bits per heavy atom. The van der Waals surface area contributed by atoms with E-state index in [9.17, 15) is 9.90 Å². The van der Waals surface area contributed by atoms with Gasteiger partial charge in [0.25, 0.3) is 0 Å². The van der Waals surface area contributed by atoms with Crippen molar-refractivity contribution < 1.29 is 9.90 Å². The first kappa shape index (κ1) is 17.8. The molecule has 1 aromatic rings. The lowest BCUT2D eigenvalue weighted by molar-refractivity contribution is -0.138. The van der Waals surface area contributed by atoms with Gasteiger partial charge in [0.15, 0.2) is 0 Å². The van der Waals surface area contributed by atoms with Gasteiger partial charge in [-0.1, -0.05) is 44.9 Å². The Labute approximate surface area is 122 Å². The molecule has 0 saturated carbocycles. The Morgan fingerprint density at radius 2 is 1.84 bits per heavy atom. The molecule has 0 aromatic heterocycles. The zero-order valence-electron chi connectivity index (χ0n) is 11.7. The zero-order valence-corrected chi connectivity index (χ0v) is 12.5. The van der Waals surface area contributed by atoms with Crippen molar-refractivity contribution in [2.75, 3.05) is 11.4 Å². The van der Waals surface area contributed by atoms with Crippen LogP contribution in [0.15, 0.2) is 30.3 Å². The summed E-state index contributed by atoms with van der Waals surface area (Å²) in [7, 11) is 0. The minimum Gasteiger partial charge on any atom is -0.480 e. The van der Waals surface area contributed by atoms with E-state index in [2.05, 4.69) is 6.92 Å². The second-order valence-electron chi connectivity index (χ2n) is 4.50. The second-order valence-corrected chi connectivity index (χ2v) is 4.50. The Balaban J connectivity index is 0.00000324. The van der Waals surface area contributed by atoms with Gasteiger partial charge in [-0.25, -0.2) is 4.79 Å². The van der Waals surface area contributed by atoms with E-state index in [1.54, 1.807) is 0 Å². The number of rotatable bonds is 8. The molecule has 1 N–H and O–H groups in total. The van der Waals surface area contributed by atoms with E-state index < -0.39 is 12.0 Å². The summed E-state index contributed by atoms with van der Waals surface area (Å²) in [6.45, 7) is 4.89. The van der Waals surface area contributed by atoms with E-state index in [1.165, 1.54) is 0 Å². The molecular formula is C15H24ClNO2. The molecule has 0 aliphatic heterocycles. The van der Waals surface area contributed by atoms with E-state index in [1.807, 2.05) is 42.2 Å². The smallest absolute Gasteiger partial charge is 0.326 e. The Hall–Kier alpha value is -1.22. The normalized spacial score (nSPS) is 11.5. The van der Waals surface area contributed by atoms with Gasteiger partial charge in [-0.2, -0.15) is 0 Å². The first-order valence-corrected chi connectivity index (χ1v) is 6.75. The number of nitrogens with zero attached hydrogens (tertiary/aromatic N) is 1. The predicted octanol–water partition coefficient (Wildman–Crippen LogP) is 3.97. The number of hydrogen-bond donors (Lipinski definition) is 1. The van der Waals surface area contributed by atoms with Crippen LogP contribution in [-0.4, -0.2) is 23.7 Å². The van der Waals surface area contributed by atoms with Crippen LogP contribution in [0.2, 0.25) is 0 Å². The van der Waals surface area contributed by atoms with Gasteiger partial charge in [0, 0.05) is 12.2 Å². The molecule has 19 heavy (non-hydrogen) atoms. The molecule has 1 atom stereocenters. The molecule has 0 saturated heterocycles. The third-order valence-corrected chi connectivity index (χ3v) is 3.14. The van der Waals surface area contributed by atoms with Crippen LogP contribution < -0.4 is 4.90 Å². The summed E-state index contributed by atoms with van der Waals surface area (Å²) in [5.41, 5.74) is 1.00. The number of anilines is 1. The molecule has 0 spiro atoms. The Morgan fingerprint density at radius 1 is 1.21 bits per heavy atom. The molecule has 1 rings (SSSR count). The quantitative estimate of drug-likeness (QED) is 0.735. The van der Waals surface area contributed by atoms with Crippen LogP contribution in [0.25, 0.3) is 0 Å². The number of aliphatic carboxylic acids is 1. The maximum absolute atomic E-state index is 11.3. The number of carboxylic acids is 1. The predicted molar refractivity (Wildman–Crippen MR) is 82.3 cm³/mol. The fourth-order valence-electron chi connectivity index (χ4n) is 2.14. The van der Waals surface area contributed by atoms with Crippen molar-refractivity contribution in [2.24, 2.45) is 0 Å². The van der Waals surface area contributed by atoms with Crippen molar-refractivity contribution in [1.29, 1.82) is 0 Å². The number of hydrogen-bond acceptors (Lipinski definition) is 2. The van der Waals surface area contributed by atoms with Gasteiger partial charge in [-0.05, 0) is 25.0 Å². The van der Waals surface area contributed by atoms with Crippen LogP contribution in [0.4, 0.5) is 5.69 Å². The fraction of sp³-hybridized carbons (Fsp3) is 0.533. The van der Waals surface area contributed by atoms with Crippen LogP contribution in [-0.2, 0) is 4.79 Å². The molecular weight excluding hydrogens is 262 g/mol. The largest absolute Gasteiger partial charge is 0.480 e. The minimum absolute atomic E-state index is 0. The Bertz CT molecular complexity index is 356. The number of halogens is 1. The van der Waals surface area contributed by atoms with Crippen molar-refractivity contribution in [1.82, 2.24) is 0 Å². The first-order valence-electron chi connectivity index (χ1n) is 6.75. The molecule has 1 aromatic carbocycles. The van der Waals surface area contributed by atoms with Gasteiger partial charge in [0.05, 0.1) is 0 Å². The first-order chi connectivity index (χ1) is 8.70. The summed E-state index contributed by atoms with van der Waals surface area (Å²) < 4.78 is 0. The summed E-state index contributed by atoms with van der Waals surface area (Å²) >= 11 is 0. The van der Waals surface area contributed by atoms with Crippen molar-refractivity contribution in [3.63, 3.8) is 0 Å². The number of para-hydroxylation sites is 1. The molecule has 4 heteroatoms. The van der Waals surface area contributed by atoms with Crippen LogP contribution in [0.3, 0.4) is 0 Å². The molecule has 0 bridgehead atoms. The van der Waals surface area contributed by atoms with Gasteiger partial charge >= 0.3 is 5.97 Å². The standard InChI is InChI=1S/C15H23NO2.ClH/c1-3-5-9-12-16(14(4-2)15(17)18)13-10-7-6-8-11-13;/h6-8,10-11,14H,3-5,9,12H2,1-2H3,(H,17,18);1H. The van der Waals surface area contributed by atoms with Crippen LogP contribution in [0, 0.1) is 0 Å². The van der Waals surface area contributed by atoms with Crippen LogP contribution >= 0.6 is 12.4 Å². The maximum atomic E-state index is 11.3. The SMILES string of the molecule is CCCCCN(c1ccccc1)C(CC)C(=O)O.Cl. The minimum atomic E-state index is -0.738. The fourth-order valence-corrected chi connectivity index (χ4v) is 2.14. The highest BCUT2D eigenvalue weighted by Crippen LogP contribution is 2.19. The average molecular weight is 286 g/mol. The number of unbranched alkanes of at least 4 members (excludes halogenated alkanes) is 2. The van der Waals surface area contributed by atoms with Crippen LogP contribution in [0.1, 0.15) is 39.5 Å². The van der Waals surface area contributed by atoms with Crippen molar-refractivity contribution in [2.45, 2.75) is 45.6 Å². The van der Waals surface area contributed by atoms with Gasteiger partial charge in [-0.15, -0.1) is 12.4 Å². The summed E-state index contributed by atoms with van der Waals surface area (Å²) in [5.74, 6) is -0.738. The van der Waals surface area contributed by atoms with E-state index in [-0.39, 0.29) is 12.4 Å². The monoisotopic (exact) mass is 285 g/mol.